The molecule has 112 valence electrons. The Morgan fingerprint density at radius 1 is 1.32 bits per heavy atom. The first-order valence-electron chi connectivity index (χ1n) is 6.99. The lowest BCUT2D eigenvalue weighted by molar-refractivity contribution is -0.122. The van der Waals surface area contributed by atoms with Gasteiger partial charge >= 0.3 is 0 Å². The van der Waals surface area contributed by atoms with Crippen molar-refractivity contribution in [2.75, 3.05) is 5.32 Å². The maximum absolute atomic E-state index is 12.4. The number of hydrogen-bond acceptors (Lipinski definition) is 5. The summed E-state index contributed by atoms with van der Waals surface area (Å²) in [5.41, 5.74) is 0.564. The van der Waals surface area contributed by atoms with Gasteiger partial charge in [-0.2, -0.15) is 0 Å². The zero-order valence-corrected chi connectivity index (χ0v) is 12.7. The Hall–Kier alpha value is -2.47. The number of anilines is 1. The highest BCUT2D eigenvalue weighted by Crippen LogP contribution is 2.48. The second-order valence-corrected chi connectivity index (χ2v) is 6.03. The van der Waals surface area contributed by atoms with Gasteiger partial charge in [0.25, 0.3) is 0 Å². The lowest BCUT2D eigenvalue weighted by atomic mass is 9.95. The van der Waals surface area contributed by atoms with Crippen LogP contribution < -0.4 is 10.6 Å². The Kier molecular flexibility index (Phi) is 4.02. The molecule has 22 heavy (non-hydrogen) atoms. The average molecular weight is 312 g/mol. The highest BCUT2D eigenvalue weighted by Gasteiger charge is 2.51. The van der Waals surface area contributed by atoms with Gasteiger partial charge in [-0.25, -0.2) is 4.98 Å². The van der Waals surface area contributed by atoms with Gasteiger partial charge in [0.2, 0.25) is 5.91 Å². The minimum absolute atomic E-state index is 0.0660. The van der Waals surface area contributed by atoms with Gasteiger partial charge in [0.15, 0.2) is 5.13 Å². The van der Waals surface area contributed by atoms with Gasteiger partial charge in [0.1, 0.15) is 5.84 Å². The number of thiazole rings is 1. The molecule has 0 radical (unpaired) electrons. The molecule has 1 aliphatic rings. The van der Waals surface area contributed by atoms with E-state index in [0.29, 0.717) is 0 Å². The van der Waals surface area contributed by atoms with E-state index >= 15 is 0 Å². The molecule has 1 aromatic carbocycles. The number of nitrogens with zero attached hydrogens (tertiary/aromatic N) is 1. The smallest absolute Gasteiger partial charge is 0.236 e. The number of rotatable bonds is 5. The maximum Gasteiger partial charge on any atom is 0.236 e. The van der Waals surface area contributed by atoms with E-state index in [0.717, 1.165) is 23.5 Å². The van der Waals surface area contributed by atoms with Crippen LogP contribution >= 0.6 is 11.3 Å². The zero-order valence-electron chi connectivity index (χ0n) is 11.9. The van der Waals surface area contributed by atoms with Crippen LogP contribution in [0.3, 0.4) is 0 Å². The Labute approximate surface area is 132 Å². The molecule has 3 N–H and O–H groups in total. The van der Waals surface area contributed by atoms with Crippen LogP contribution in [0.4, 0.5) is 5.13 Å². The Morgan fingerprint density at radius 2 is 2.09 bits per heavy atom. The molecule has 1 fully saturated rings. The van der Waals surface area contributed by atoms with E-state index in [1.807, 2.05) is 35.7 Å². The first kappa shape index (κ1) is 14.5. The molecular formula is C16H16N4OS. The fraction of sp³-hybridized carbons (Fsp3) is 0.188. The molecule has 0 unspecified atom stereocenters. The van der Waals surface area contributed by atoms with Crippen molar-refractivity contribution in [1.29, 1.82) is 5.41 Å². The highest BCUT2D eigenvalue weighted by molar-refractivity contribution is 7.13. The van der Waals surface area contributed by atoms with E-state index in [2.05, 4.69) is 15.6 Å². The quantitative estimate of drug-likeness (QED) is 0.587. The third-order valence-electron chi connectivity index (χ3n) is 3.65. The number of nitrogens with one attached hydrogen (secondary N) is 3. The molecular weight excluding hydrogens is 296 g/mol. The van der Waals surface area contributed by atoms with Crippen LogP contribution in [0.5, 0.6) is 0 Å². The second-order valence-electron chi connectivity index (χ2n) is 5.13. The molecule has 2 aromatic rings. The molecule has 1 aromatic heterocycles. The molecule has 0 aliphatic heterocycles. The number of carbonyl (C=O) groups is 1. The largest absolute Gasteiger partial charge is 0.338 e. The summed E-state index contributed by atoms with van der Waals surface area (Å²) in [7, 11) is 0. The van der Waals surface area contributed by atoms with Crippen molar-refractivity contribution in [3.63, 3.8) is 0 Å². The van der Waals surface area contributed by atoms with Gasteiger partial charge in [-0.1, -0.05) is 30.3 Å². The molecule has 1 saturated carbocycles. The van der Waals surface area contributed by atoms with Crippen molar-refractivity contribution < 1.29 is 4.79 Å². The molecule has 3 rings (SSSR count). The van der Waals surface area contributed by atoms with Gasteiger partial charge in [-0.3, -0.25) is 10.2 Å². The minimum Gasteiger partial charge on any atom is -0.338 e. The third-order valence-corrected chi connectivity index (χ3v) is 4.35. The monoisotopic (exact) mass is 312 g/mol. The third kappa shape index (κ3) is 3.07. The van der Waals surface area contributed by atoms with Crippen molar-refractivity contribution in [1.82, 2.24) is 10.3 Å². The Bertz CT molecular complexity index is 690. The fourth-order valence-corrected chi connectivity index (χ4v) is 2.81. The van der Waals surface area contributed by atoms with E-state index in [1.54, 1.807) is 12.4 Å². The van der Waals surface area contributed by atoms with E-state index in [1.165, 1.54) is 17.4 Å². The lowest BCUT2D eigenvalue weighted by Gasteiger charge is -2.15. The summed E-state index contributed by atoms with van der Waals surface area (Å²) >= 11 is 1.47. The number of carbonyl (C=O) groups excluding carboxylic acids is 1. The van der Waals surface area contributed by atoms with Gasteiger partial charge in [-0.05, 0) is 24.5 Å². The first-order chi connectivity index (χ1) is 10.7. The van der Waals surface area contributed by atoms with E-state index < -0.39 is 5.41 Å². The molecule has 1 heterocycles. The highest BCUT2D eigenvalue weighted by atomic mass is 32.1. The predicted octanol–water partition coefficient (Wildman–Crippen LogP) is 2.89. The van der Waals surface area contributed by atoms with Crippen LogP contribution in [0.1, 0.15) is 18.4 Å². The SMILES string of the molecule is N=C(/C=C\Nc1nccs1)NC(=O)C1(c2ccccc2)CC1. The topological polar surface area (TPSA) is 77.9 Å². The fourth-order valence-electron chi connectivity index (χ4n) is 2.30. The predicted molar refractivity (Wildman–Crippen MR) is 88.1 cm³/mol. The van der Waals surface area contributed by atoms with Gasteiger partial charge in [0, 0.05) is 17.8 Å². The van der Waals surface area contributed by atoms with Crippen molar-refractivity contribution >= 4 is 28.2 Å². The number of hydrogen-bond donors (Lipinski definition) is 3. The number of aromatic nitrogens is 1. The van der Waals surface area contributed by atoms with E-state index in [4.69, 9.17) is 5.41 Å². The van der Waals surface area contributed by atoms with Crippen molar-refractivity contribution in [2.24, 2.45) is 0 Å². The zero-order chi connectivity index (χ0) is 15.4. The Morgan fingerprint density at radius 3 is 2.73 bits per heavy atom. The maximum atomic E-state index is 12.4. The summed E-state index contributed by atoms with van der Waals surface area (Å²) in [4.78, 5) is 16.5. The Balaban J connectivity index is 1.58. The van der Waals surface area contributed by atoms with Crippen LogP contribution in [-0.4, -0.2) is 16.7 Å². The molecule has 0 spiro atoms. The van der Waals surface area contributed by atoms with E-state index in [9.17, 15) is 4.79 Å². The molecule has 1 amide bonds. The summed E-state index contributed by atoms with van der Waals surface area (Å²) < 4.78 is 0. The van der Waals surface area contributed by atoms with Crippen molar-refractivity contribution in [3.05, 3.63) is 59.7 Å². The van der Waals surface area contributed by atoms with Crippen LogP contribution in [0, 0.1) is 5.41 Å². The van der Waals surface area contributed by atoms with Crippen LogP contribution in [-0.2, 0) is 10.2 Å². The molecule has 5 nitrogen and oxygen atoms in total. The first-order valence-corrected chi connectivity index (χ1v) is 7.87. The van der Waals surface area contributed by atoms with E-state index in [-0.39, 0.29) is 11.7 Å². The van der Waals surface area contributed by atoms with Crippen molar-refractivity contribution in [3.8, 4) is 0 Å². The summed E-state index contributed by atoms with van der Waals surface area (Å²) in [6, 6.07) is 9.75. The van der Waals surface area contributed by atoms with Gasteiger partial charge < -0.3 is 10.6 Å². The molecule has 6 heteroatoms. The van der Waals surface area contributed by atoms with Crippen LogP contribution in [0.25, 0.3) is 0 Å². The average Bonchev–Trinajstić information content (AvgIpc) is 3.19. The normalized spacial score (nSPS) is 15.5. The van der Waals surface area contributed by atoms with Crippen LogP contribution in [0.15, 0.2) is 54.2 Å². The summed E-state index contributed by atoms with van der Waals surface area (Å²) in [5, 5.41) is 16.1. The lowest BCUT2D eigenvalue weighted by Crippen LogP contribution is -2.37. The van der Waals surface area contributed by atoms with Crippen molar-refractivity contribution in [2.45, 2.75) is 18.3 Å². The summed E-state index contributed by atoms with van der Waals surface area (Å²) in [6.45, 7) is 0. The van der Waals surface area contributed by atoms with Crippen LogP contribution in [0.2, 0.25) is 0 Å². The molecule has 1 aliphatic carbocycles. The standard InChI is InChI=1S/C16H16N4OS/c17-13(6-9-18-15-19-10-11-22-15)20-14(21)16(7-8-16)12-4-2-1-3-5-12/h1-6,9-11H,7-8H2,(H,18,19)(H2,17,20,21)/b9-6-. The minimum atomic E-state index is -0.454. The molecule has 0 bridgehead atoms. The number of amidine groups is 1. The summed E-state index contributed by atoms with van der Waals surface area (Å²) in [5.74, 6) is -0.0427. The second kappa shape index (κ2) is 6.11. The number of amides is 1. The van der Waals surface area contributed by atoms with Gasteiger partial charge in [-0.15, -0.1) is 11.3 Å². The molecule has 0 saturated heterocycles. The molecule has 0 atom stereocenters. The number of benzene rings is 1. The van der Waals surface area contributed by atoms with Gasteiger partial charge in [0.05, 0.1) is 5.41 Å². The summed E-state index contributed by atoms with van der Waals surface area (Å²) in [6.07, 6.45) is 6.48.